The van der Waals surface area contributed by atoms with Crippen LogP contribution in [-0.4, -0.2) is 22.2 Å². The van der Waals surface area contributed by atoms with Crippen LogP contribution in [0, 0.1) is 5.92 Å². The van der Waals surface area contributed by atoms with Crippen LogP contribution in [0.5, 0.6) is 0 Å². The van der Waals surface area contributed by atoms with Gasteiger partial charge < -0.3 is 5.32 Å². The quantitative estimate of drug-likeness (QED) is 0.911. The zero-order chi connectivity index (χ0) is 13.1. The summed E-state index contributed by atoms with van der Waals surface area (Å²) in [6.45, 7) is 0.605. The summed E-state index contributed by atoms with van der Waals surface area (Å²) in [6, 6.07) is 4.09. The van der Waals surface area contributed by atoms with Crippen LogP contribution in [0.25, 0.3) is 0 Å². The summed E-state index contributed by atoms with van der Waals surface area (Å²) >= 11 is 1.67. The van der Waals surface area contributed by atoms with Crippen molar-refractivity contribution in [2.45, 2.75) is 25.3 Å². The van der Waals surface area contributed by atoms with Crippen LogP contribution < -0.4 is 5.32 Å². The van der Waals surface area contributed by atoms with E-state index in [2.05, 4.69) is 27.2 Å². The van der Waals surface area contributed by atoms with E-state index in [-0.39, 0.29) is 17.9 Å². The first-order valence-electron chi connectivity index (χ1n) is 6.63. The number of nitrogens with one attached hydrogen (secondary N) is 1. The standard InChI is InChI=1S/C14H17N3OS/c18-14(11-3-1-4-11)15-9-13(12-5-8-19-10-12)17-7-2-6-16-17/h2,5-8,10-11,13H,1,3-4,9H2,(H,15,18)/t13-/m0/s1. The van der Waals surface area contributed by atoms with Gasteiger partial charge in [-0.3, -0.25) is 9.48 Å². The molecule has 0 saturated heterocycles. The van der Waals surface area contributed by atoms with Crippen LogP contribution in [0.3, 0.4) is 0 Å². The van der Waals surface area contributed by atoms with Gasteiger partial charge in [-0.25, -0.2) is 0 Å². The number of hydrogen-bond acceptors (Lipinski definition) is 3. The van der Waals surface area contributed by atoms with Gasteiger partial charge in [-0.2, -0.15) is 16.4 Å². The Kier molecular flexibility index (Phi) is 3.64. The van der Waals surface area contributed by atoms with Crippen LogP contribution in [0.15, 0.2) is 35.3 Å². The summed E-state index contributed by atoms with van der Waals surface area (Å²) in [5.41, 5.74) is 1.20. The molecule has 0 spiro atoms. The molecule has 1 aliphatic carbocycles. The van der Waals surface area contributed by atoms with Gasteiger partial charge in [0.15, 0.2) is 0 Å². The van der Waals surface area contributed by atoms with Crippen LogP contribution in [0.2, 0.25) is 0 Å². The van der Waals surface area contributed by atoms with Gasteiger partial charge in [0.25, 0.3) is 0 Å². The fourth-order valence-corrected chi connectivity index (χ4v) is 3.01. The Hall–Kier alpha value is -1.62. The van der Waals surface area contributed by atoms with Gasteiger partial charge in [0.05, 0.1) is 6.04 Å². The van der Waals surface area contributed by atoms with Gasteiger partial charge in [0.2, 0.25) is 5.91 Å². The number of carbonyl (C=O) groups excluding carboxylic acids is 1. The van der Waals surface area contributed by atoms with Crippen molar-refractivity contribution in [2.75, 3.05) is 6.54 Å². The summed E-state index contributed by atoms with van der Waals surface area (Å²) in [6.07, 6.45) is 6.98. The highest BCUT2D eigenvalue weighted by molar-refractivity contribution is 7.07. The molecule has 0 radical (unpaired) electrons. The number of thiophene rings is 1. The van der Waals surface area contributed by atoms with Crippen LogP contribution in [0.4, 0.5) is 0 Å². The average Bonchev–Trinajstić information content (AvgIpc) is 2.98. The third-order valence-corrected chi connectivity index (χ3v) is 4.42. The van der Waals surface area contributed by atoms with Gasteiger partial charge in [0.1, 0.15) is 0 Å². The second-order valence-corrected chi connectivity index (χ2v) is 5.71. The van der Waals surface area contributed by atoms with E-state index in [0.717, 1.165) is 12.8 Å². The van der Waals surface area contributed by atoms with Crippen molar-refractivity contribution in [3.05, 3.63) is 40.8 Å². The van der Waals surface area contributed by atoms with Gasteiger partial charge in [0, 0.05) is 24.9 Å². The van der Waals surface area contributed by atoms with Crippen molar-refractivity contribution in [1.29, 1.82) is 0 Å². The van der Waals surface area contributed by atoms with Gasteiger partial charge in [-0.1, -0.05) is 6.42 Å². The van der Waals surface area contributed by atoms with Gasteiger partial charge >= 0.3 is 0 Å². The molecule has 1 N–H and O–H groups in total. The first-order chi connectivity index (χ1) is 9.34. The monoisotopic (exact) mass is 275 g/mol. The SMILES string of the molecule is O=C(NC[C@@H](c1ccsc1)n1cccn1)C1CCC1. The molecule has 0 unspecified atom stereocenters. The van der Waals surface area contributed by atoms with Crippen molar-refractivity contribution >= 4 is 17.2 Å². The first kappa shape index (κ1) is 12.4. The normalized spacial score (nSPS) is 16.8. The lowest BCUT2D eigenvalue weighted by Crippen LogP contribution is -2.38. The highest BCUT2D eigenvalue weighted by atomic mass is 32.1. The molecule has 2 aromatic rings. The second-order valence-electron chi connectivity index (χ2n) is 4.93. The number of hydrogen-bond donors (Lipinski definition) is 1. The van der Waals surface area contributed by atoms with Crippen LogP contribution in [0.1, 0.15) is 30.9 Å². The molecule has 0 aromatic carbocycles. The molecule has 4 nitrogen and oxygen atoms in total. The molecule has 3 rings (SSSR count). The molecule has 1 saturated carbocycles. The van der Waals surface area contributed by atoms with E-state index in [0.29, 0.717) is 6.54 Å². The van der Waals surface area contributed by atoms with E-state index in [9.17, 15) is 4.79 Å². The number of nitrogens with zero attached hydrogens (tertiary/aromatic N) is 2. The lowest BCUT2D eigenvalue weighted by atomic mass is 9.85. The molecule has 1 atom stereocenters. The molecular weight excluding hydrogens is 258 g/mol. The molecule has 19 heavy (non-hydrogen) atoms. The van der Waals surface area contributed by atoms with E-state index in [1.54, 1.807) is 17.5 Å². The van der Waals surface area contributed by atoms with Crippen molar-refractivity contribution in [1.82, 2.24) is 15.1 Å². The maximum atomic E-state index is 11.9. The zero-order valence-electron chi connectivity index (χ0n) is 10.7. The van der Waals surface area contributed by atoms with Gasteiger partial charge in [-0.05, 0) is 41.3 Å². The highest BCUT2D eigenvalue weighted by Gasteiger charge is 2.26. The Morgan fingerprint density at radius 2 is 2.47 bits per heavy atom. The molecule has 100 valence electrons. The fourth-order valence-electron chi connectivity index (χ4n) is 2.31. The zero-order valence-corrected chi connectivity index (χ0v) is 11.5. The maximum Gasteiger partial charge on any atom is 0.223 e. The van der Waals surface area contributed by atoms with Crippen molar-refractivity contribution in [2.24, 2.45) is 5.92 Å². The fraction of sp³-hybridized carbons (Fsp3) is 0.429. The Morgan fingerprint density at radius 1 is 1.58 bits per heavy atom. The average molecular weight is 275 g/mol. The number of aromatic nitrogens is 2. The van der Waals surface area contributed by atoms with Crippen molar-refractivity contribution < 1.29 is 4.79 Å². The molecule has 5 heteroatoms. The molecule has 1 fully saturated rings. The van der Waals surface area contributed by atoms with Gasteiger partial charge in [-0.15, -0.1) is 0 Å². The summed E-state index contributed by atoms with van der Waals surface area (Å²) in [5.74, 6) is 0.430. The maximum absolute atomic E-state index is 11.9. The number of amides is 1. The van der Waals surface area contributed by atoms with E-state index in [1.807, 2.05) is 16.9 Å². The third-order valence-electron chi connectivity index (χ3n) is 3.72. The third kappa shape index (κ3) is 2.71. The van der Waals surface area contributed by atoms with Crippen LogP contribution >= 0.6 is 11.3 Å². The first-order valence-corrected chi connectivity index (χ1v) is 7.58. The number of carbonyl (C=O) groups is 1. The predicted molar refractivity (Wildman–Crippen MR) is 75.0 cm³/mol. The topological polar surface area (TPSA) is 46.9 Å². The largest absolute Gasteiger partial charge is 0.353 e. The minimum Gasteiger partial charge on any atom is -0.353 e. The van der Waals surface area contributed by atoms with Crippen LogP contribution in [-0.2, 0) is 4.79 Å². The molecule has 1 amide bonds. The van der Waals surface area contributed by atoms with E-state index >= 15 is 0 Å². The molecule has 1 aliphatic rings. The predicted octanol–water partition coefficient (Wildman–Crippen LogP) is 2.45. The number of rotatable bonds is 5. The Balaban J connectivity index is 1.68. The minimum atomic E-state index is 0.0882. The Morgan fingerprint density at radius 3 is 3.05 bits per heavy atom. The molecule has 2 heterocycles. The summed E-state index contributed by atoms with van der Waals surface area (Å²) in [5, 5.41) is 11.5. The summed E-state index contributed by atoms with van der Waals surface area (Å²) < 4.78 is 1.91. The smallest absolute Gasteiger partial charge is 0.223 e. The van der Waals surface area contributed by atoms with Crippen molar-refractivity contribution in [3.8, 4) is 0 Å². The minimum absolute atomic E-state index is 0.0882. The van der Waals surface area contributed by atoms with E-state index < -0.39 is 0 Å². The molecule has 0 aliphatic heterocycles. The van der Waals surface area contributed by atoms with E-state index in [1.165, 1.54) is 12.0 Å². The summed E-state index contributed by atoms with van der Waals surface area (Å²) in [4.78, 5) is 11.9. The lowest BCUT2D eigenvalue weighted by Gasteiger charge is -2.25. The second kappa shape index (κ2) is 5.57. The molecule has 2 aromatic heterocycles. The lowest BCUT2D eigenvalue weighted by molar-refractivity contribution is -0.127. The highest BCUT2D eigenvalue weighted by Crippen LogP contribution is 2.26. The molecule has 0 bridgehead atoms. The van der Waals surface area contributed by atoms with Crippen molar-refractivity contribution in [3.63, 3.8) is 0 Å². The Bertz CT molecular complexity index is 483. The summed E-state index contributed by atoms with van der Waals surface area (Å²) in [7, 11) is 0. The van der Waals surface area contributed by atoms with E-state index in [4.69, 9.17) is 0 Å². The Labute approximate surface area is 116 Å². The molecular formula is C14H17N3OS.